The number of ether oxygens (including phenoxy) is 4. The third-order valence-electron chi connectivity index (χ3n) is 3.89. The summed E-state index contributed by atoms with van der Waals surface area (Å²) in [7, 11) is 4.74. The summed E-state index contributed by atoms with van der Waals surface area (Å²) in [5.41, 5.74) is 2.17. The third kappa shape index (κ3) is 2.19. The van der Waals surface area contributed by atoms with E-state index in [1.54, 1.807) is 51.7 Å². The van der Waals surface area contributed by atoms with Crippen LogP contribution in [-0.4, -0.2) is 26.4 Å². The molecule has 1 heterocycles. The standard InChI is InChI=1S/C17H18O5/c1-19-13-6-4-12(5-7-13)17(18)14-9-16(21-3)15(20-2)8-11(14)10-22-17/h4-9,18H,10H2,1-3H3. The molecule has 2 aromatic rings. The van der Waals surface area contributed by atoms with Gasteiger partial charge in [0.05, 0.1) is 27.9 Å². The number of fused-ring (bicyclic) bond motifs is 1. The summed E-state index contributed by atoms with van der Waals surface area (Å²) in [5, 5.41) is 11.0. The lowest BCUT2D eigenvalue weighted by Gasteiger charge is -2.24. The summed E-state index contributed by atoms with van der Waals surface area (Å²) < 4.78 is 21.4. The molecule has 5 heteroatoms. The molecule has 0 bridgehead atoms. The molecule has 0 saturated carbocycles. The molecule has 5 nitrogen and oxygen atoms in total. The van der Waals surface area contributed by atoms with Crippen LogP contribution in [0.4, 0.5) is 0 Å². The van der Waals surface area contributed by atoms with E-state index < -0.39 is 5.79 Å². The molecule has 22 heavy (non-hydrogen) atoms. The van der Waals surface area contributed by atoms with Crippen LogP contribution in [0.5, 0.6) is 17.2 Å². The summed E-state index contributed by atoms with van der Waals surface area (Å²) >= 11 is 0. The number of hydrogen-bond acceptors (Lipinski definition) is 5. The molecule has 116 valence electrons. The van der Waals surface area contributed by atoms with Crippen LogP contribution in [0.2, 0.25) is 0 Å². The fraction of sp³-hybridized carbons (Fsp3) is 0.294. The molecular weight excluding hydrogens is 284 g/mol. The summed E-state index contributed by atoms with van der Waals surface area (Å²) in [6.07, 6.45) is 0. The van der Waals surface area contributed by atoms with Crippen LogP contribution in [0.25, 0.3) is 0 Å². The first-order valence-corrected chi connectivity index (χ1v) is 6.88. The average molecular weight is 302 g/mol. The SMILES string of the molecule is COc1ccc(C2(O)OCc3cc(OC)c(OC)cc32)cc1. The van der Waals surface area contributed by atoms with Crippen molar-refractivity contribution in [3.8, 4) is 17.2 Å². The fourth-order valence-electron chi connectivity index (χ4n) is 2.67. The fourth-order valence-corrected chi connectivity index (χ4v) is 2.67. The Labute approximate surface area is 129 Å². The van der Waals surface area contributed by atoms with Gasteiger partial charge in [-0.1, -0.05) is 0 Å². The first-order valence-electron chi connectivity index (χ1n) is 6.88. The number of rotatable bonds is 4. The molecule has 1 N–H and O–H groups in total. The average Bonchev–Trinajstić information content (AvgIpc) is 2.91. The normalized spacial score (nSPS) is 19.6. The Morgan fingerprint density at radius 3 is 2.18 bits per heavy atom. The number of aliphatic hydroxyl groups is 1. The van der Waals surface area contributed by atoms with Crippen molar-refractivity contribution in [2.75, 3.05) is 21.3 Å². The van der Waals surface area contributed by atoms with Crippen molar-refractivity contribution in [3.63, 3.8) is 0 Å². The van der Waals surface area contributed by atoms with Crippen molar-refractivity contribution in [2.24, 2.45) is 0 Å². The summed E-state index contributed by atoms with van der Waals surface area (Å²) in [5.74, 6) is 0.390. The minimum Gasteiger partial charge on any atom is -0.497 e. The van der Waals surface area contributed by atoms with E-state index >= 15 is 0 Å². The Morgan fingerprint density at radius 2 is 1.59 bits per heavy atom. The molecule has 0 aromatic heterocycles. The van der Waals surface area contributed by atoms with Gasteiger partial charge < -0.3 is 24.1 Å². The minimum absolute atomic E-state index is 0.304. The van der Waals surface area contributed by atoms with E-state index in [1.165, 1.54) is 0 Å². The van der Waals surface area contributed by atoms with Crippen LogP contribution in [0.15, 0.2) is 36.4 Å². The molecule has 0 aliphatic carbocycles. The maximum atomic E-state index is 11.0. The van der Waals surface area contributed by atoms with Crippen molar-refractivity contribution in [2.45, 2.75) is 12.4 Å². The van der Waals surface area contributed by atoms with Crippen LogP contribution in [0.1, 0.15) is 16.7 Å². The Balaban J connectivity index is 2.08. The molecule has 0 amide bonds. The molecule has 2 aromatic carbocycles. The van der Waals surface area contributed by atoms with E-state index in [9.17, 15) is 5.11 Å². The van der Waals surface area contributed by atoms with E-state index in [2.05, 4.69) is 0 Å². The Bertz CT molecular complexity index is 680. The van der Waals surface area contributed by atoms with Crippen LogP contribution in [0.3, 0.4) is 0 Å². The second kappa shape index (κ2) is 5.51. The number of hydrogen-bond donors (Lipinski definition) is 1. The topological polar surface area (TPSA) is 57.2 Å². The highest BCUT2D eigenvalue weighted by molar-refractivity contribution is 5.52. The lowest BCUT2D eigenvalue weighted by atomic mass is 9.95. The summed E-state index contributed by atoms with van der Waals surface area (Å²) in [4.78, 5) is 0. The van der Waals surface area contributed by atoms with Crippen molar-refractivity contribution < 1.29 is 24.1 Å². The Kier molecular flexibility index (Phi) is 3.68. The van der Waals surface area contributed by atoms with Gasteiger partial charge in [-0.15, -0.1) is 0 Å². The summed E-state index contributed by atoms with van der Waals surface area (Å²) in [6, 6.07) is 10.7. The molecule has 1 aliphatic heterocycles. The maximum Gasteiger partial charge on any atom is 0.220 e. The highest BCUT2D eigenvalue weighted by Gasteiger charge is 2.41. The lowest BCUT2D eigenvalue weighted by molar-refractivity contribution is -0.170. The van der Waals surface area contributed by atoms with Gasteiger partial charge >= 0.3 is 0 Å². The first-order chi connectivity index (χ1) is 10.6. The van der Waals surface area contributed by atoms with Crippen molar-refractivity contribution in [1.29, 1.82) is 0 Å². The molecule has 0 fully saturated rings. The van der Waals surface area contributed by atoms with Crippen molar-refractivity contribution >= 4 is 0 Å². The zero-order valence-corrected chi connectivity index (χ0v) is 12.8. The van der Waals surface area contributed by atoms with E-state index in [-0.39, 0.29) is 0 Å². The molecule has 0 spiro atoms. The van der Waals surface area contributed by atoms with Crippen LogP contribution >= 0.6 is 0 Å². The quantitative estimate of drug-likeness (QED) is 0.940. The molecular formula is C17H18O5. The third-order valence-corrected chi connectivity index (χ3v) is 3.89. The second-order valence-electron chi connectivity index (χ2n) is 5.03. The van der Waals surface area contributed by atoms with Gasteiger partial charge in [0, 0.05) is 11.1 Å². The Hall–Kier alpha value is -2.24. The van der Waals surface area contributed by atoms with Gasteiger partial charge in [-0.3, -0.25) is 0 Å². The zero-order valence-electron chi connectivity index (χ0n) is 12.8. The largest absolute Gasteiger partial charge is 0.497 e. The second-order valence-corrected chi connectivity index (χ2v) is 5.03. The van der Waals surface area contributed by atoms with E-state index in [0.29, 0.717) is 29.2 Å². The van der Waals surface area contributed by atoms with Crippen LogP contribution < -0.4 is 14.2 Å². The molecule has 3 rings (SSSR count). The molecule has 1 aliphatic rings. The molecule has 0 radical (unpaired) electrons. The number of benzene rings is 2. The predicted octanol–water partition coefficient (Wildman–Crippen LogP) is 2.44. The zero-order chi connectivity index (χ0) is 15.7. The van der Waals surface area contributed by atoms with Gasteiger partial charge in [-0.2, -0.15) is 0 Å². The van der Waals surface area contributed by atoms with Crippen molar-refractivity contribution in [1.82, 2.24) is 0 Å². The highest BCUT2D eigenvalue weighted by Crippen LogP contribution is 2.44. The first kappa shape index (κ1) is 14.7. The molecule has 0 saturated heterocycles. The van der Waals surface area contributed by atoms with E-state index in [4.69, 9.17) is 18.9 Å². The summed E-state index contributed by atoms with van der Waals surface area (Å²) in [6.45, 7) is 0.304. The smallest absolute Gasteiger partial charge is 0.220 e. The minimum atomic E-state index is -1.50. The Morgan fingerprint density at radius 1 is 0.955 bits per heavy atom. The molecule has 1 unspecified atom stereocenters. The van der Waals surface area contributed by atoms with Gasteiger partial charge in [0.15, 0.2) is 11.5 Å². The molecule has 1 atom stereocenters. The maximum absolute atomic E-state index is 11.0. The van der Waals surface area contributed by atoms with E-state index in [1.807, 2.05) is 6.07 Å². The van der Waals surface area contributed by atoms with Crippen LogP contribution in [0, 0.1) is 0 Å². The van der Waals surface area contributed by atoms with E-state index in [0.717, 1.165) is 11.3 Å². The van der Waals surface area contributed by atoms with Crippen LogP contribution in [-0.2, 0) is 17.1 Å². The lowest BCUT2D eigenvalue weighted by Crippen LogP contribution is -2.26. The predicted molar refractivity (Wildman–Crippen MR) is 80.3 cm³/mol. The van der Waals surface area contributed by atoms with Gasteiger partial charge in [-0.25, -0.2) is 0 Å². The van der Waals surface area contributed by atoms with Gasteiger partial charge in [-0.05, 0) is 42.0 Å². The number of methoxy groups -OCH3 is 3. The van der Waals surface area contributed by atoms with Gasteiger partial charge in [0.25, 0.3) is 0 Å². The van der Waals surface area contributed by atoms with Crippen molar-refractivity contribution in [3.05, 3.63) is 53.1 Å². The van der Waals surface area contributed by atoms with Gasteiger partial charge in [0.2, 0.25) is 5.79 Å². The monoisotopic (exact) mass is 302 g/mol. The van der Waals surface area contributed by atoms with Gasteiger partial charge in [0.1, 0.15) is 5.75 Å². The highest BCUT2D eigenvalue weighted by atomic mass is 16.6.